The molecule has 0 spiro atoms. The molecular weight excluding hydrogens is 279 g/mol. The van der Waals surface area contributed by atoms with Gasteiger partial charge < -0.3 is 5.11 Å². The zero-order chi connectivity index (χ0) is 13.7. The van der Waals surface area contributed by atoms with Crippen molar-refractivity contribution in [1.82, 2.24) is 0 Å². The highest BCUT2D eigenvalue weighted by Gasteiger charge is 2.11. The summed E-state index contributed by atoms with van der Waals surface area (Å²) in [6.07, 6.45) is 1.75. The third-order valence-electron chi connectivity index (χ3n) is 3.15. The van der Waals surface area contributed by atoms with E-state index < -0.39 is 0 Å². The van der Waals surface area contributed by atoms with Gasteiger partial charge in [0.2, 0.25) is 0 Å². The topological polar surface area (TPSA) is 20.2 Å². The van der Waals surface area contributed by atoms with Crippen molar-refractivity contribution in [3.8, 4) is 5.75 Å². The second-order valence-corrected chi connectivity index (χ2v) is 5.40. The molecule has 0 aliphatic rings. The summed E-state index contributed by atoms with van der Waals surface area (Å²) in [6.45, 7) is 0. The first-order valence-corrected chi connectivity index (χ1v) is 7.17. The Morgan fingerprint density at radius 1 is 0.947 bits per heavy atom. The number of alkyl halides is 1. The van der Waals surface area contributed by atoms with Crippen molar-refractivity contribution in [2.45, 2.75) is 12.8 Å². The molecule has 2 rings (SSSR count). The van der Waals surface area contributed by atoms with Crippen LogP contribution in [0, 0.1) is 5.92 Å². The third-order valence-corrected chi connectivity index (χ3v) is 3.95. The van der Waals surface area contributed by atoms with Crippen LogP contribution >= 0.6 is 23.2 Å². The van der Waals surface area contributed by atoms with Gasteiger partial charge in [0.05, 0.1) is 0 Å². The molecule has 2 aromatic carbocycles. The Kier molecular flexibility index (Phi) is 5.12. The summed E-state index contributed by atoms with van der Waals surface area (Å²) in [4.78, 5) is 0. The van der Waals surface area contributed by atoms with Gasteiger partial charge in [-0.3, -0.25) is 0 Å². The fourth-order valence-electron chi connectivity index (χ4n) is 2.12. The molecular formula is C16H16Cl2O. The first-order chi connectivity index (χ1) is 9.19. The summed E-state index contributed by atoms with van der Waals surface area (Å²) in [5.41, 5.74) is 2.31. The van der Waals surface area contributed by atoms with Crippen molar-refractivity contribution in [3.05, 3.63) is 64.7 Å². The maximum absolute atomic E-state index is 9.28. The molecule has 0 fully saturated rings. The van der Waals surface area contributed by atoms with Gasteiger partial charge in [-0.05, 0) is 48.1 Å². The summed E-state index contributed by atoms with van der Waals surface area (Å²) in [5.74, 6) is 1.22. The van der Waals surface area contributed by atoms with E-state index >= 15 is 0 Å². The van der Waals surface area contributed by atoms with E-state index in [1.807, 2.05) is 36.4 Å². The van der Waals surface area contributed by atoms with Crippen LogP contribution in [0.3, 0.4) is 0 Å². The number of rotatable bonds is 5. The maximum Gasteiger partial charge on any atom is 0.115 e. The minimum Gasteiger partial charge on any atom is -0.508 e. The van der Waals surface area contributed by atoms with Crippen LogP contribution in [0.25, 0.3) is 0 Å². The zero-order valence-corrected chi connectivity index (χ0v) is 12.0. The predicted octanol–water partition coefficient (Wildman–Crippen LogP) is 4.69. The summed E-state index contributed by atoms with van der Waals surface area (Å²) in [6, 6.07) is 15.1. The quantitative estimate of drug-likeness (QED) is 0.794. The zero-order valence-electron chi connectivity index (χ0n) is 10.5. The Bertz CT molecular complexity index is 523. The van der Waals surface area contributed by atoms with E-state index in [0.717, 1.165) is 23.4 Å². The van der Waals surface area contributed by atoms with E-state index in [2.05, 4.69) is 0 Å². The van der Waals surface area contributed by atoms with Crippen LogP contribution in [-0.2, 0) is 12.8 Å². The van der Waals surface area contributed by atoms with Crippen molar-refractivity contribution in [2.24, 2.45) is 5.92 Å². The van der Waals surface area contributed by atoms with Crippen LogP contribution in [0.4, 0.5) is 0 Å². The van der Waals surface area contributed by atoms with E-state index in [0.29, 0.717) is 11.8 Å². The summed E-state index contributed by atoms with van der Waals surface area (Å²) in [5, 5.41) is 10.1. The first kappa shape index (κ1) is 14.2. The number of hydrogen-bond acceptors (Lipinski definition) is 1. The number of benzene rings is 2. The van der Waals surface area contributed by atoms with Crippen molar-refractivity contribution in [2.75, 3.05) is 5.88 Å². The van der Waals surface area contributed by atoms with E-state index in [1.165, 1.54) is 5.56 Å². The van der Waals surface area contributed by atoms with Crippen LogP contribution in [0.15, 0.2) is 48.5 Å². The highest BCUT2D eigenvalue weighted by molar-refractivity contribution is 6.31. The fourth-order valence-corrected chi connectivity index (χ4v) is 2.55. The lowest BCUT2D eigenvalue weighted by Gasteiger charge is -2.15. The van der Waals surface area contributed by atoms with Gasteiger partial charge in [0.25, 0.3) is 0 Å². The van der Waals surface area contributed by atoms with E-state index in [9.17, 15) is 5.11 Å². The highest BCUT2D eigenvalue weighted by Crippen LogP contribution is 2.22. The molecule has 0 saturated heterocycles. The standard InChI is InChI=1S/C16H16Cl2O/c17-11-13(9-12-5-7-15(19)8-6-12)10-14-3-1-2-4-16(14)18/h1-8,13,19H,9-11H2. The molecule has 2 aromatic rings. The average Bonchev–Trinajstić information content (AvgIpc) is 2.43. The van der Waals surface area contributed by atoms with Gasteiger partial charge >= 0.3 is 0 Å². The van der Waals surface area contributed by atoms with E-state index in [-0.39, 0.29) is 5.75 Å². The van der Waals surface area contributed by atoms with Gasteiger partial charge in [-0.1, -0.05) is 41.9 Å². The SMILES string of the molecule is Oc1ccc(CC(CCl)Cc2ccccc2Cl)cc1. The van der Waals surface area contributed by atoms with Crippen molar-refractivity contribution in [1.29, 1.82) is 0 Å². The molecule has 3 heteroatoms. The number of phenolic OH excluding ortho intramolecular Hbond substituents is 1. The molecule has 1 atom stereocenters. The molecule has 0 amide bonds. The number of phenols is 1. The van der Waals surface area contributed by atoms with Gasteiger partial charge in [0.15, 0.2) is 0 Å². The molecule has 0 radical (unpaired) electrons. The second-order valence-electron chi connectivity index (χ2n) is 4.69. The molecule has 0 aromatic heterocycles. The molecule has 0 aliphatic carbocycles. The molecule has 0 aliphatic heterocycles. The minimum absolute atomic E-state index is 0.289. The Morgan fingerprint density at radius 3 is 2.26 bits per heavy atom. The minimum atomic E-state index is 0.289. The second kappa shape index (κ2) is 6.83. The Balaban J connectivity index is 2.05. The van der Waals surface area contributed by atoms with Crippen molar-refractivity contribution < 1.29 is 5.11 Å². The Labute approximate surface area is 123 Å². The summed E-state index contributed by atoms with van der Waals surface area (Å²) < 4.78 is 0. The monoisotopic (exact) mass is 294 g/mol. The third kappa shape index (κ3) is 4.15. The lowest BCUT2D eigenvalue weighted by Crippen LogP contribution is -2.10. The smallest absolute Gasteiger partial charge is 0.115 e. The molecule has 19 heavy (non-hydrogen) atoms. The van der Waals surface area contributed by atoms with Crippen LogP contribution < -0.4 is 0 Å². The average molecular weight is 295 g/mol. The van der Waals surface area contributed by atoms with Crippen LogP contribution in [-0.4, -0.2) is 11.0 Å². The Hall–Kier alpha value is -1.18. The van der Waals surface area contributed by atoms with Gasteiger partial charge in [0, 0.05) is 10.9 Å². The largest absolute Gasteiger partial charge is 0.508 e. The number of hydrogen-bond donors (Lipinski definition) is 1. The number of aromatic hydroxyl groups is 1. The molecule has 0 bridgehead atoms. The lowest BCUT2D eigenvalue weighted by atomic mass is 9.94. The van der Waals surface area contributed by atoms with Crippen molar-refractivity contribution >= 4 is 23.2 Å². The van der Waals surface area contributed by atoms with Crippen LogP contribution in [0.5, 0.6) is 5.75 Å². The molecule has 100 valence electrons. The maximum atomic E-state index is 9.28. The summed E-state index contributed by atoms with van der Waals surface area (Å²) in [7, 11) is 0. The van der Waals surface area contributed by atoms with Crippen LogP contribution in [0.2, 0.25) is 5.02 Å². The van der Waals surface area contributed by atoms with Gasteiger partial charge in [0.1, 0.15) is 5.75 Å². The summed E-state index contributed by atoms with van der Waals surface area (Å²) >= 11 is 12.2. The predicted molar refractivity (Wildman–Crippen MR) is 81.2 cm³/mol. The van der Waals surface area contributed by atoms with Crippen LogP contribution in [0.1, 0.15) is 11.1 Å². The Morgan fingerprint density at radius 2 is 1.63 bits per heavy atom. The highest BCUT2D eigenvalue weighted by atomic mass is 35.5. The normalized spacial score (nSPS) is 12.3. The number of halogens is 2. The first-order valence-electron chi connectivity index (χ1n) is 6.26. The molecule has 0 heterocycles. The lowest BCUT2D eigenvalue weighted by molar-refractivity contribution is 0.474. The molecule has 1 nitrogen and oxygen atoms in total. The fraction of sp³-hybridized carbons (Fsp3) is 0.250. The van der Waals surface area contributed by atoms with Gasteiger partial charge in [-0.15, -0.1) is 11.6 Å². The van der Waals surface area contributed by atoms with Gasteiger partial charge in [-0.25, -0.2) is 0 Å². The molecule has 0 saturated carbocycles. The van der Waals surface area contributed by atoms with Crippen molar-refractivity contribution in [3.63, 3.8) is 0 Å². The van der Waals surface area contributed by atoms with E-state index in [1.54, 1.807) is 12.1 Å². The van der Waals surface area contributed by atoms with E-state index in [4.69, 9.17) is 23.2 Å². The molecule has 1 N–H and O–H groups in total. The molecule has 1 unspecified atom stereocenters. The van der Waals surface area contributed by atoms with Gasteiger partial charge in [-0.2, -0.15) is 0 Å².